The Labute approximate surface area is 166 Å². The molecular weight excluding hydrogens is 436 g/mol. The highest BCUT2D eigenvalue weighted by atomic mass is 79.9. The topological polar surface area (TPSA) is 102 Å². The Balaban J connectivity index is 1.65. The number of halogens is 1. The lowest BCUT2D eigenvalue weighted by Gasteiger charge is -2.30. The van der Waals surface area contributed by atoms with E-state index in [2.05, 4.69) is 31.4 Å². The molecule has 1 saturated heterocycles. The lowest BCUT2D eigenvalue weighted by molar-refractivity contribution is -0.126. The van der Waals surface area contributed by atoms with Crippen LogP contribution in [0.15, 0.2) is 28.0 Å². The quantitative estimate of drug-likeness (QED) is 0.698. The number of carbonyl (C=O) groups is 1. The van der Waals surface area contributed by atoms with E-state index in [0.29, 0.717) is 32.5 Å². The maximum Gasteiger partial charge on any atom is 0.246 e. The summed E-state index contributed by atoms with van der Waals surface area (Å²) in [5.74, 6) is -0.515. The summed E-state index contributed by atoms with van der Waals surface area (Å²) in [6.07, 6.45) is 5.83. The molecule has 1 atom stereocenters. The van der Waals surface area contributed by atoms with Crippen molar-refractivity contribution in [1.29, 1.82) is 0 Å². The van der Waals surface area contributed by atoms with Crippen LogP contribution in [0.2, 0.25) is 0 Å². The fraction of sp³-hybridized carbons (Fsp3) is 0.562. The van der Waals surface area contributed by atoms with E-state index >= 15 is 0 Å². The molecule has 0 aromatic carbocycles. The van der Waals surface area contributed by atoms with Crippen molar-refractivity contribution in [3.63, 3.8) is 0 Å². The highest BCUT2D eigenvalue weighted by molar-refractivity contribution is 9.10. The number of carbonyl (C=O) groups excluding carboxylic acids is 1. The first kappa shape index (κ1) is 20.0. The molecule has 0 saturated carbocycles. The van der Waals surface area contributed by atoms with E-state index in [4.69, 9.17) is 0 Å². The normalized spacial score (nSPS) is 18.6. The number of aromatic nitrogens is 4. The van der Waals surface area contributed by atoms with E-state index in [1.54, 1.807) is 13.2 Å². The zero-order valence-electron chi connectivity index (χ0n) is 15.3. The van der Waals surface area contributed by atoms with E-state index in [1.807, 2.05) is 11.6 Å². The highest BCUT2D eigenvalue weighted by Gasteiger charge is 2.34. The van der Waals surface area contributed by atoms with Gasteiger partial charge in [-0.2, -0.15) is 14.5 Å². The van der Waals surface area contributed by atoms with Crippen molar-refractivity contribution in [2.45, 2.75) is 37.8 Å². The fourth-order valence-electron chi connectivity index (χ4n) is 3.21. The van der Waals surface area contributed by atoms with E-state index in [9.17, 15) is 13.2 Å². The predicted molar refractivity (Wildman–Crippen MR) is 102 cm³/mol. The zero-order chi connectivity index (χ0) is 19.6. The third-order valence-electron chi connectivity index (χ3n) is 4.70. The van der Waals surface area contributed by atoms with E-state index in [0.717, 1.165) is 10.2 Å². The molecule has 1 fully saturated rings. The summed E-state index contributed by atoms with van der Waals surface area (Å²) < 4.78 is 31.0. The van der Waals surface area contributed by atoms with Crippen LogP contribution in [0.25, 0.3) is 0 Å². The van der Waals surface area contributed by atoms with Crippen LogP contribution in [0.4, 0.5) is 0 Å². The molecular formula is C16H23BrN6O3S. The SMILES string of the molecule is CCn1ncc(Br)c1CNC(=O)C1CCCN(S(=O)(=O)c2cnn(C)c2)C1. The second-order valence-corrected chi connectivity index (χ2v) is 9.32. The summed E-state index contributed by atoms with van der Waals surface area (Å²) in [4.78, 5) is 12.8. The van der Waals surface area contributed by atoms with Crippen LogP contribution in [0.5, 0.6) is 0 Å². The van der Waals surface area contributed by atoms with Crippen LogP contribution in [-0.2, 0) is 35.0 Å². The average Bonchev–Trinajstić information content (AvgIpc) is 3.25. The summed E-state index contributed by atoms with van der Waals surface area (Å²) in [5.41, 5.74) is 0.890. The lowest BCUT2D eigenvalue weighted by Crippen LogP contribution is -2.45. The molecule has 0 bridgehead atoms. The second kappa shape index (κ2) is 8.11. The minimum Gasteiger partial charge on any atom is -0.350 e. The fourth-order valence-corrected chi connectivity index (χ4v) is 5.15. The second-order valence-electron chi connectivity index (χ2n) is 6.52. The van der Waals surface area contributed by atoms with Crippen LogP contribution < -0.4 is 5.32 Å². The highest BCUT2D eigenvalue weighted by Crippen LogP contribution is 2.24. The monoisotopic (exact) mass is 458 g/mol. The number of piperidine rings is 1. The minimum absolute atomic E-state index is 0.142. The summed E-state index contributed by atoms with van der Waals surface area (Å²) >= 11 is 3.44. The van der Waals surface area contributed by atoms with Gasteiger partial charge in [-0.1, -0.05) is 0 Å². The lowest BCUT2D eigenvalue weighted by atomic mass is 9.99. The number of hydrogen-bond acceptors (Lipinski definition) is 5. The molecule has 3 rings (SSSR count). The summed E-state index contributed by atoms with van der Waals surface area (Å²) in [7, 11) is -1.96. The van der Waals surface area contributed by atoms with Crippen molar-refractivity contribution in [2.24, 2.45) is 13.0 Å². The predicted octanol–water partition coefficient (Wildman–Crippen LogP) is 1.12. The molecule has 27 heavy (non-hydrogen) atoms. The number of nitrogens with one attached hydrogen (secondary N) is 1. The molecule has 0 spiro atoms. The van der Waals surface area contributed by atoms with Gasteiger partial charge in [0.25, 0.3) is 0 Å². The van der Waals surface area contributed by atoms with Crippen LogP contribution in [0.1, 0.15) is 25.5 Å². The van der Waals surface area contributed by atoms with Gasteiger partial charge in [0.05, 0.1) is 35.0 Å². The van der Waals surface area contributed by atoms with Gasteiger partial charge in [0.1, 0.15) is 4.90 Å². The van der Waals surface area contributed by atoms with Gasteiger partial charge in [0.15, 0.2) is 0 Å². The maximum absolute atomic E-state index is 12.8. The number of hydrogen-bond donors (Lipinski definition) is 1. The van der Waals surface area contributed by atoms with Crippen molar-refractivity contribution in [3.8, 4) is 0 Å². The summed E-state index contributed by atoms with van der Waals surface area (Å²) in [5, 5.41) is 11.1. The Morgan fingerprint density at radius 1 is 1.37 bits per heavy atom. The molecule has 1 amide bonds. The third kappa shape index (κ3) is 4.25. The first-order valence-corrected chi connectivity index (χ1v) is 11.0. The van der Waals surface area contributed by atoms with Gasteiger partial charge in [-0.15, -0.1) is 0 Å². The molecule has 148 valence electrons. The van der Waals surface area contributed by atoms with Gasteiger partial charge < -0.3 is 5.32 Å². The number of nitrogens with zero attached hydrogens (tertiary/aromatic N) is 5. The summed E-state index contributed by atoms with van der Waals surface area (Å²) in [6, 6.07) is 0. The van der Waals surface area contributed by atoms with Crippen LogP contribution >= 0.6 is 15.9 Å². The molecule has 0 aliphatic carbocycles. The molecule has 1 aliphatic heterocycles. The molecule has 1 N–H and O–H groups in total. The molecule has 11 heteroatoms. The Morgan fingerprint density at radius 3 is 2.81 bits per heavy atom. The van der Waals surface area contributed by atoms with Crippen LogP contribution in [-0.4, -0.2) is 51.3 Å². The average molecular weight is 459 g/mol. The zero-order valence-corrected chi connectivity index (χ0v) is 17.7. The molecule has 1 aliphatic rings. The molecule has 2 aromatic rings. The van der Waals surface area contributed by atoms with Gasteiger partial charge >= 0.3 is 0 Å². The van der Waals surface area contributed by atoms with Crippen molar-refractivity contribution in [3.05, 3.63) is 28.8 Å². The summed E-state index contributed by atoms with van der Waals surface area (Å²) in [6.45, 7) is 3.62. The standard InChI is InChI=1S/C16H23BrN6O3S/c1-3-23-15(14(17)8-20-23)9-18-16(24)12-5-4-6-22(10-12)27(25,26)13-7-19-21(2)11-13/h7-8,11-12H,3-6,9-10H2,1-2H3,(H,18,24). The van der Waals surface area contributed by atoms with Gasteiger partial charge in [-0.25, -0.2) is 8.42 Å². The van der Waals surface area contributed by atoms with Crippen molar-refractivity contribution in [1.82, 2.24) is 29.2 Å². The third-order valence-corrected chi connectivity index (χ3v) is 7.18. The first-order chi connectivity index (χ1) is 12.8. The molecule has 3 heterocycles. The number of aryl methyl sites for hydroxylation is 2. The molecule has 2 aromatic heterocycles. The van der Waals surface area contributed by atoms with Crippen LogP contribution in [0.3, 0.4) is 0 Å². The Morgan fingerprint density at radius 2 is 2.15 bits per heavy atom. The number of sulfonamides is 1. The molecule has 0 radical (unpaired) electrons. The Bertz CT molecular complexity index is 922. The van der Waals surface area contributed by atoms with Crippen molar-refractivity contribution in [2.75, 3.05) is 13.1 Å². The largest absolute Gasteiger partial charge is 0.350 e. The number of rotatable bonds is 6. The van der Waals surface area contributed by atoms with E-state index in [-0.39, 0.29) is 23.3 Å². The van der Waals surface area contributed by atoms with E-state index in [1.165, 1.54) is 21.4 Å². The van der Waals surface area contributed by atoms with Crippen molar-refractivity contribution < 1.29 is 13.2 Å². The van der Waals surface area contributed by atoms with Gasteiger partial charge in [-0.05, 0) is 35.7 Å². The minimum atomic E-state index is -3.63. The van der Waals surface area contributed by atoms with Crippen LogP contribution in [0, 0.1) is 5.92 Å². The van der Waals surface area contributed by atoms with Crippen molar-refractivity contribution >= 4 is 31.9 Å². The Kier molecular flexibility index (Phi) is 6.02. The van der Waals surface area contributed by atoms with E-state index < -0.39 is 10.0 Å². The molecule has 1 unspecified atom stereocenters. The molecule has 9 nitrogen and oxygen atoms in total. The Hall–Kier alpha value is -1.72. The maximum atomic E-state index is 12.8. The van der Waals surface area contributed by atoms with Gasteiger partial charge in [0, 0.05) is 32.9 Å². The first-order valence-electron chi connectivity index (χ1n) is 8.79. The van der Waals surface area contributed by atoms with Gasteiger partial charge in [-0.3, -0.25) is 14.2 Å². The number of amides is 1. The van der Waals surface area contributed by atoms with Gasteiger partial charge in [0.2, 0.25) is 15.9 Å². The smallest absolute Gasteiger partial charge is 0.246 e.